The minimum atomic E-state index is -0.173. The van der Waals surface area contributed by atoms with Crippen LogP contribution in [0.3, 0.4) is 0 Å². The molecule has 0 aromatic rings. The second-order valence-corrected chi connectivity index (χ2v) is 7.10. The Balaban J connectivity index is 1.45. The Morgan fingerprint density at radius 3 is 2.64 bits per heavy atom. The number of carbonyl (C=O) groups excluding carboxylic acids is 1. The van der Waals surface area contributed by atoms with E-state index in [0.717, 1.165) is 45.4 Å². The second kappa shape index (κ2) is 6.08. The number of hydrogen-bond donors (Lipinski definition) is 1. The van der Waals surface area contributed by atoms with Gasteiger partial charge in [-0.15, -0.1) is 0 Å². The maximum atomic E-state index is 11.6. The SMILES string of the molecule is C=CN(N)C1CCN(C2CC3(CCN(C(=O)OC)C3)C2)CC1. The first-order valence-corrected chi connectivity index (χ1v) is 8.29. The van der Waals surface area contributed by atoms with E-state index in [2.05, 4.69) is 11.5 Å². The molecule has 22 heavy (non-hydrogen) atoms. The second-order valence-electron chi connectivity index (χ2n) is 7.10. The van der Waals surface area contributed by atoms with Gasteiger partial charge in [0.15, 0.2) is 0 Å². The monoisotopic (exact) mass is 308 g/mol. The quantitative estimate of drug-likeness (QED) is 0.630. The summed E-state index contributed by atoms with van der Waals surface area (Å²) in [6, 6.07) is 1.12. The maximum absolute atomic E-state index is 11.6. The number of piperidine rings is 1. The van der Waals surface area contributed by atoms with Crippen molar-refractivity contribution in [2.24, 2.45) is 11.3 Å². The number of nitrogens with two attached hydrogens (primary N) is 1. The molecule has 6 nitrogen and oxygen atoms in total. The van der Waals surface area contributed by atoms with Crippen molar-refractivity contribution < 1.29 is 9.53 Å². The highest BCUT2D eigenvalue weighted by Crippen LogP contribution is 2.50. The van der Waals surface area contributed by atoms with Gasteiger partial charge >= 0.3 is 6.09 Å². The Morgan fingerprint density at radius 2 is 2.05 bits per heavy atom. The molecule has 1 aliphatic carbocycles. The molecule has 3 fully saturated rings. The molecule has 1 amide bonds. The van der Waals surface area contributed by atoms with Gasteiger partial charge in [-0.3, -0.25) is 0 Å². The molecule has 2 heterocycles. The van der Waals surface area contributed by atoms with Crippen molar-refractivity contribution in [1.29, 1.82) is 0 Å². The van der Waals surface area contributed by atoms with Crippen LogP contribution in [0, 0.1) is 5.41 Å². The number of nitrogens with zero attached hydrogens (tertiary/aromatic N) is 3. The Kier molecular flexibility index (Phi) is 4.32. The first kappa shape index (κ1) is 15.6. The normalized spacial score (nSPS) is 32.8. The first-order chi connectivity index (χ1) is 10.6. The van der Waals surface area contributed by atoms with Gasteiger partial charge in [0.25, 0.3) is 0 Å². The number of ether oxygens (including phenoxy) is 1. The van der Waals surface area contributed by atoms with Gasteiger partial charge < -0.3 is 19.5 Å². The topological polar surface area (TPSA) is 62.0 Å². The minimum absolute atomic E-state index is 0.173. The predicted octanol–water partition coefficient (Wildman–Crippen LogP) is 1.39. The van der Waals surface area contributed by atoms with E-state index in [9.17, 15) is 4.79 Å². The highest BCUT2D eigenvalue weighted by Gasteiger charge is 2.51. The highest BCUT2D eigenvalue weighted by molar-refractivity contribution is 5.67. The lowest BCUT2D eigenvalue weighted by molar-refractivity contribution is -0.0121. The van der Waals surface area contributed by atoms with Crippen molar-refractivity contribution in [1.82, 2.24) is 14.8 Å². The zero-order chi connectivity index (χ0) is 15.7. The van der Waals surface area contributed by atoms with Gasteiger partial charge in [0.2, 0.25) is 0 Å². The zero-order valence-corrected chi connectivity index (χ0v) is 13.5. The van der Waals surface area contributed by atoms with Crippen molar-refractivity contribution in [3.05, 3.63) is 12.8 Å². The Morgan fingerprint density at radius 1 is 1.36 bits per heavy atom. The third-order valence-electron chi connectivity index (χ3n) is 5.86. The molecule has 0 aromatic heterocycles. The standard InChI is InChI=1S/C16H28N4O2/c1-3-20(17)13-4-7-18(8-5-13)14-10-16(11-14)6-9-19(12-16)15(21)22-2/h3,13-14H,1,4-12,17H2,2H3. The molecule has 0 unspecified atom stereocenters. The van der Waals surface area contributed by atoms with Gasteiger partial charge in [0, 0.05) is 44.5 Å². The molecule has 1 saturated carbocycles. The third kappa shape index (κ3) is 2.82. The van der Waals surface area contributed by atoms with E-state index >= 15 is 0 Å². The molecule has 3 aliphatic rings. The third-order valence-corrected chi connectivity index (χ3v) is 5.86. The molecular weight excluding hydrogens is 280 g/mol. The Bertz CT molecular complexity index is 428. The molecule has 1 spiro atoms. The summed E-state index contributed by atoms with van der Waals surface area (Å²) < 4.78 is 4.84. The first-order valence-electron chi connectivity index (χ1n) is 8.29. The fourth-order valence-electron chi connectivity index (χ4n) is 4.45. The molecular formula is C16H28N4O2. The minimum Gasteiger partial charge on any atom is -0.453 e. The fourth-order valence-corrected chi connectivity index (χ4v) is 4.45. The van der Waals surface area contributed by atoms with E-state index in [1.54, 1.807) is 11.2 Å². The van der Waals surface area contributed by atoms with Crippen LogP contribution >= 0.6 is 0 Å². The van der Waals surface area contributed by atoms with Crippen LogP contribution in [0.15, 0.2) is 12.8 Å². The van der Waals surface area contributed by atoms with E-state index < -0.39 is 0 Å². The fraction of sp³-hybridized carbons (Fsp3) is 0.812. The van der Waals surface area contributed by atoms with Crippen LogP contribution in [-0.4, -0.2) is 66.3 Å². The number of likely N-dealkylation sites (tertiary alicyclic amines) is 2. The average Bonchev–Trinajstić information content (AvgIpc) is 2.97. The number of hydrazine groups is 1. The van der Waals surface area contributed by atoms with E-state index in [4.69, 9.17) is 10.6 Å². The molecule has 0 radical (unpaired) electrons. The summed E-state index contributed by atoms with van der Waals surface area (Å²) >= 11 is 0. The summed E-state index contributed by atoms with van der Waals surface area (Å²) in [6.07, 6.45) is 7.34. The molecule has 0 aromatic carbocycles. The van der Waals surface area contributed by atoms with Crippen LogP contribution in [-0.2, 0) is 4.74 Å². The van der Waals surface area contributed by atoms with Crippen LogP contribution in [0.5, 0.6) is 0 Å². The molecule has 6 heteroatoms. The van der Waals surface area contributed by atoms with Crippen molar-refractivity contribution >= 4 is 6.09 Å². The van der Waals surface area contributed by atoms with Crippen molar-refractivity contribution in [2.75, 3.05) is 33.3 Å². The lowest BCUT2D eigenvalue weighted by Gasteiger charge is -2.52. The number of hydrogen-bond acceptors (Lipinski definition) is 5. The van der Waals surface area contributed by atoms with Crippen molar-refractivity contribution in [3.8, 4) is 0 Å². The van der Waals surface area contributed by atoms with Gasteiger partial charge in [-0.1, -0.05) is 6.58 Å². The predicted molar refractivity (Wildman–Crippen MR) is 84.9 cm³/mol. The van der Waals surface area contributed by atoms with Crippen LogP contribution in [0.1, 0.15) is 32.1 Å². The van der Waals surface area contributed by atoms with Crippen LogP contribution < -0.4 is 5.84 Å². The van der Waals surface area contributed by atoms with Crippen molar-refractivity contribution in [2.45, 2.75) is 44.2 Å². The van der Waals surface area contributed by atoms with Crippen LogP contribution in [0.25, 0.3) is 0 Å². The molecule has 124 valence electrons. The summed E-state index contributed by atoms with van der Waals surface area (Å²) in [6.45, 7) is 7.70. The number of amides is 1. The highest BCUT2D eigenvalue weighted by atomic mass is 16.5. The van der Waals surface area contributed by atoms with Crippen LogP contribution in [0.2, 0.25) is 0 Å². The van der Waals surface area contributed by atoms with Gasteiger partial charge in [-0.2, -0.15) is 0 Å². The molecule has 3 rings (SSSR count). The number of rotatable bonds is 3. The maximum Gasteiger partial charge on any atom is 0.409 e. The molecule has 2 N–H and O–H groups in total. The lowest BCUT2D eigenvalue weighted by Crippen LogP contribution is -2.56. The summed E-state index contributed by atoms with van der Waals surface area (Å²) in [4.78, 5) is 16.1. The van der Waals surface area contributed by atoms with Crippen LogP contribution in [0.4, 0.5) is 4.79 Å². The Labute approximate surface area is 132 Å². The summed E-state index contributed by atoms with van der Waals surface area (Å²) in [5, 5.41) is 1.75. The molecule has 0 atom stereocenters. The van der Waals surface area contributed by atoms with E-state index in [1.165, 1.54) is 20.0 Å². The molecule has 0 bridgehead atoms. The Hall–Kier alpha value is -1.27. The van der Waals surface area contributed by atoms with E-state index in [1.807, 2.05) is 4.90 Å². The van der Waals surface area contributed by atoms with Gasteiger partial charge in [0.1, 0.15) is 0 Å². The van der Waals surface area contributed by atoms with Gasteiger partial charge in [-0.25, -0.2) is 10.6 Å². The van der Waals surface area contributed by atoms with E-state index in [0.29, 0.717) is 17.5 Å². The number of methoxy groups -OCH3 is 1. The smallest absolute Gasteiger partial charge is 0.409 e. The summed E-state index contributed by atoms with van der Waals surface area (Å²) in [7, 11) is 1.46. The summed E-state index contributed by atoms with van der Waals surface area (Å²) in [5.41, 5.74) is 0.358. The van der Waals surface area contributed by atoms with E-state index in [-0.39, 0.29) is 6.09 Å². The number of carbonyl (C=O) groups is 1. The lowest BCUT2D eigenvalue weighted by atomic mass is 9.64. The van der Waals surface area contributed by atoms with Crippen molar-refractivity contribution in [3.63, 3.8) is 0 Å². The van der Waals surface area contributed by atoms with Gasteiger partial charge in [0.05, 0.1) is 7.11 Å². The average molecular weight is 308 g/mol. The summed E-state index contributed by atoms with van der Waals surface area (Å²) in [5.74, 6) is 5.91. The molecule has 2 aliphatic heterocycles. The van der Waals surface area contributed by atoms with Gasteiger partial charge in [-0.05, 0) is 37.5 Å². The molecule has 2 saturated heterocycles. The zero-order valence-electron chi connectivity index (χ0n) is 13.5. The largest absolute Gasteiger partial charge is 0.453 e.